The Morgan fingerprint density at radius 3 is 2.50 bits per heavy atom. The highest BCUT2D eigenvalue weighted by atomic mass is 32.2. The van der Waals surface area contributed by atoms with Crippen LogP contribution >= 0.6 is 11.8 Å². The minimum absolute atomic E-state index is 0.0892. The van der Waals surface area contributed by atoms with Crippen LogP contribution in [0.1, 0.15) is 34.1 Å². The van der Waals surface area contributed by atoms with E-state index in [1.54, 1.807) is 11.9 Å². The van der Waals surface area contributed by atoms with Gasteiger partial charge in [0, 0.05) is 18.3 Å². The average molecular weight is 274 g/mol. The predicted molar refractivity (Wildman–Crippen MR) is 72.7 cm³/mol. The number of amides is 2. The lowest BCUT2D eigenvalue weighted by Gasteiger charge is -2.39. The van der Waals surface area contributed by atoms with Gasteiger partial charge in [0.2, 0.25) is 0 Å². The number of carbonyl (C=O) groups excluding carboxylic acids is 1. The summed E-state index contributed by atoms with van der Waals surface area (Å²) in [6.45, 7) is 7.85. The first kappa shape index (κ1) is 15.1. The van der Waals surface area contributed by atoms with Gasteiger partial charge in [-0.25, -0.2) is 9.59 Å². The molecule has 1 aliphatic heterocycles. The maximum Gasteiger partial charge on any atom is 0.327 e. The highest BCUT2D eigenvalue weighted by Crippen LogP contribution is 2.31. The van der Waals surface area contributed by atoms with Gasteiger partial charge in [-0.15, -0.1) is 11.8 Å². The Morgan fingerprint density at radius 2 is 2.06 bits per heavy atom. The van der Waals surface area contributed by atoms with Crippen molar-refractivity contribution in [2.75, 3.05) is 12.8 Å². The van der Waals surface area contributed by atoms with Crippen molar-refractivity contribution in [3.05, 3.63) is 0 Å². The molecule has 1 saturated heterocycles. The van der Waals surface area contributed by atoms with Crippen molar-refractivity contribution in [1.29, 1.82) is 0 Å². The van der Waals surface area contributed by atoms with Crippen molar-refractivity contribution in [2.24, 2.45) is 0 Å². The molecule has 0 bridgehead atoms. The van der Waals surface area contributed by atoms with Gasteiger partial charge in [-0.3, -0.25) is 4.90 Å². The van der Waals surface area contributed by atoms with Gasteiger partial charge in [0.15, 0.2) is 0 Å². The lowest BCUT2D eigenvalue weighted by Crippen LogP contribution is -2.55. The van der Waals surface area contributed by atoms with E-state index in [0.717, 1.165) is 6.42 Å². The number of thioether (sulfide) groups is 1. The molecule has 0 saturated carbocycles. The lowest BCUT2D eigenvalue weighted by molar-refractivity contribution is -0.141. The van der Waals surface area contributed by atoms with Crippen molar-refractivity contribution < 1.29 is 14.7 Å². The lowest BCUT2D eigenvalue weighted by atomic mass is 10.0. The minimum Gasteiger partial charge on any atom is -0.480 e. The standard InChI is InChI=1S/C12H22N2O3S/c1-6-12(3,4)13(5)11(17)14-8(2)18-7-9(14)10(15)16/h8-9H,6-7H2,1-5H3,(H,15,16). The number of nitrogens with zero attached hydrogens (tertiary/aromatic N) is 2. The zero-order valence-electron chi connectivity index (χ0n) is 11.6. The van der Waals surface area contributed by atoms with Gasteiger partial charge >= 0.3 is 12.0 Å². The number of carboxylic acids is 1. The number of hydrogen-bond donors (Lipinski definition) is 1. The molecule has 0 aromatic heterocycles. The van der Waals surface area contributed by atoms with Crippen LogP contribution in [0.5, 0.6) is 0 Å². The molecule has 2 unspecified atom stereocenters. The summed E-state index contributed by atoms with van der Waals surface area (Å²) in [5.74, 6) is -0.467. The van der Waals surface area contributed by atoms with E-state index in [0.29, 0.717) is 5.75 Å². The predicted octanol–water partition coefficient (Wildman–Crippen LogP) is 2.07. The minimum atomic E-state index is -0.928. The summed E-state index contributed by atoms with van der Waals surface area (Å²) in [6, 6.07) is -0.917. The number of carboxylic acid groups (broad SMARTS) is 1. The quantitative estimate of drug-likeness (QED) is 0.856. The van der Waals surface area contributed by atoms with Crippen molar-refractivity contribution >= 4 is 23.8 Å². The summed E-state index contributed by atoms with van der Waals surface area (Å²) in [5, 5.41) is 9.08. The molecule has 1 heterocycles. The van der Waals surface area contributed by atoms with Gasteiger partial charge in [0.05, 0.1) is 5.37 Å². The van der Waals surface area contributed by atoms with Crippen LogP contribution in [0.2, 0.25) is 0 Å². The molecular formula is C12H22N2O3S. The summed E-state index contributed by atoms with van der Waals surface area (Å²) in [7, 11) is 1.74. The van der Waals surface area contributed by atoms with Crippen LogP contribution in [0, 0.1) is 0 Å². The zero-order valence-corrected chi connectivity index (χ0v) is 12.5. The molecule has 18 heavy (non-hydrogen) atoms. The summed E-state index contributed by atoms with van der Waals surface area (Å²) in [4.78, 5) is 26.8. The van der Waals surface area contributed by atoms with E-state index in [1.165, 1.54) is 16.7 Å². The molecule has 6 heteroatoms. The first-order chi connectivity index (χ1) is 8.22. The molecule has 0 aromatic rings. The van der Waals surface area contributed by atoms with Crippen LogP contribution in [0.25, 0.3) is 0 Å². The molecule has 0 aromatic carbocycles. The summed E-state index contributed by atoms with van der Waals surface area (Å²) in [6.07, 6.45) is 0.822. The summed E-state index contributed by atoms with van der Waals surface area (Å²) >= 11 is 1.50. The van der Waals surface area contributed by atoms with Gasteiger partial charge in [-0.05, 0) is 27.2 Å². The van der Waals surface area contributed by atoms with E-state index in [-0.39, 0.29) is 16.9 Å². The van der Waals surface area contributed by atoms with E-state index < -0.39 is 12.0 Å². The number of urea groups is 1. The van der Waals surface area contributed by atoms with Crippen molar-refractivity contribution in [2.45, 2.75) is 51.1 Å². The Hall–Kier alpha value is -0.910. The molecule has 0 radical (unpaired) electrons. The van der Waals surface area contributed by atoms with Gasteiger partial charge < -0.3 is 10.0 Å². The average Bonchev–Trinajstić information content (AvgIpc) is 2.69. The third kappa shape index (κ3) is 2.74. The van der Waals surface area contributed by atoms with Crippen molar-refractivity contribution in [3.8, 4) is 0 Å². The van der Waals surface area contributed by atoms with E-state index in [9.17, 15) is 9.59 Å². The van der Waals surface area contributed by atoms with E-state index in [1.807, 2.05) is 27.7 Å². The first-order valence-corrected chi connectivity index (χ1v) is 7.17. The van der Waals surface area contributed by atoms with Crippen molar-refractivity contribution in [1.82, 2.24) is 9.80 Å². The summed E-state index contributed by atoms with van der Waals surface area (Å²) < 4.78 is 0. The molecule has 0 aliphatic carbocycles. The Kier molecular flexibility index (Phi) is 4.53. The SMILES string of the molecule is CCC(C)(C)N(C)C(=O)N1C(C)SCC1C(=O)O. The number of aliphatic carboxylic acids is 1. The van der Waals surface area contributed by atoms with Gasteiger partial charge in [-0.1, -0.05) is 6.92 Å². The largest absolute Gasteiger partial charge is 0.480 e. The molecule has 104 valence electrons. The van der Waals surface area contributed by atoms with Crippen LogP contribution in [-0.2, 0) is 4.79 Å². The maximum atomic E-state index is 12.5. The van der Waals surface area contributed by atoms with Crippen LogP contribution in [0.4, 0.5) is 4.79 Å². The van der Waals surface area contributed by atoms with Gasteiger partial charge in [0.1, 0.15) is 6.04 Å². The van der Waals surface area contributed by atoms with Crippen LogP contribution in [-0.4, -0.2) is 56.7 Å². The fourth-order valence-electron chi connectivity index (χ4n) is 1.79. The fraction of sp³-hybridized carbons (Fsp3) is 0.833. The summed E-state index contributed by atoms with van der Waals surface area (Å²) in [5.41, 5.74) is -0.271. The first-order valence-electron chi connectivity index (χ1n) is 6.13. The Bertz CT molecular complexity index is 346. The molecule has 1 rings (SSSR count). The van der Waals surface area contributed by atoms with Crippen LogP contribution < -0.4 is 0 Å². The van der Waals surface area contributed by atoms with E-state index >= 15 is 0 Å². The smallest absolute Gasteiger partial charge is 0.327 e. The second-order valence-corrected chi connectivity index (χ2v) is 6.55. The third-order valence-corrected chi connectivity index (χ3v) is 5.01. The van der Waals surface area contributed by atoms with Gasteiger partial charge in [0.25, 0.3) is 0 Å². The topological polar surface area (TPSA) is 60.9 Å². The highest BCUT2D eigenvalue weighted by molar-refractivity contribution is 8.00. The molecule has 2 amide bonds. The Labute approximate surface area is 113 Å². The van der Waals surface area contributed by atoms with Crippen LogP contribution in [0.3, 0.4) is 0 Å². The maximum absolute atomic E-state index is 12.5. The molecular weight excluding hydrogens is 252 g/mol. The van der Waals surface area contributed by atoms with Crippen LogP contribution in [0.15, 0.2) is 0 Å². The zero-order chi connectivity index (χ0) is 14.1. The molecule has 2 atom stereocenters. The number of rotatable bonds is 3. The van der Waals surface area contributed by atoms with Gasteiger partial charge in [-0.2, -0.15) is 0 Å². The Morgan fingerprint density at radius 1 is 1.50 bits per heavy atom. The Balaban J connectivity index is 2.91. The molecule has 1 N–H and O–H groups in total. The second-order valence-electron chi connectivity index (χ2n) is 5.20. The number of hydrogen-bond acceptors (Lipinski definition) is 3. The normalized spacial score (nSPS) is 24.2. The van der Waals surface area contributed by atoms with E-state index in [4.69, 9.17) is 5.11 Å². The molecule has 0 spiro atoms. The fourth-order valence-corrected chi connectivity index (χ4v) is 2.95. The molecule has 1 fully saturated rings. The number of carbonyl (C=O) groups is 2. The third-order valence-electron chi connectivity index (χ3n) is 3.79. The molecule has 1 aliphatic rings. The highest BCUT2D eigenvalue weighted by Gasteiger charge is 2.42. The van der Waals surface area contributed by atoms with E-state index in [2.05, 4.69) is 0 Å². The monoisotopic (exact) mass is 274 g/mol. The second kappa shape index (κ2) is 5.38. The molecule has 5 nitrogen and oxygen atoms in total. The van der Waals surface area contributed by atoms with Crippen molar-refractivity contribution in [3.63, 3.8) is 0 Å².